The molecule has 1 aromatic carbocycles. The SMILES string of the molecule is COc1cccc(CC2(OC)CNC2)c1Br. The van der Waals surface area contributed by atoms with E-state index < -0.39 is 0 Å². The van der Waals surface area contributed by atoms with E-state index in [1.165, 1.54) is 5.56 Å². The minimum Gasteiger partial charge on any atom is -0.496 e. The number of nitrogens with one attached hydrogen (secondary N) is 1. The van der Waals surface area contributed by atoms with Crippen molar-refractivity contribution in [1.82, 2.24) is 5.32 Å². The predicted molar refractivity (Wildman–Crippen MR) is 67.0 cm³/mol. The molecule has 88 valence electrons. The summed E-state index contributed by atoms with van der Waals surface area (Å²) in [4.78, 5) is 0. The van der Waals surface area contributed by atoms with Crippen molar-refractivity contribution in [3.8, 4) is 5.75 Å². The van der Waals surface area contributed by atoms with Crippen molar-refractivity contribution in [3.63, 3.8) is 0 Å². The zero-order valence-corrected chi connectivity index (χ0v) is 11.1. The summed E-state index contributed by atoms with van der Waals surface area (Å²) in [6.45, 7) is 1.82. The van der Waals surface area contributed by atoms with E-state index in [1.54, 1.807) is 14.2 Å². The number of ether oxygens (including phenoxy) is 2. The van der Waals surface area contributed by atoms with Gasteiger partial charge in [0.15, 0.2) is 0 Å². The van der Waals surface area contributed by atoms with Crippen LogP contribution in [0.25, 0.3) is 0 Å². The van der Waals surface area contributed by atoms with Gasteiger partial charge in [0.25, 0.3) is 0 Å². The first-order valence-electron chi connectivity index (χ1n) is 5.28. The summed E-state index contributed by atoms with van der Waals surface area (Å²) in [7, 11) is 3.45. The van der Waals surface area contributed by atoms with E-state index in [9.17, 15) is 0 Å². The minimum atomic E-state index is -0.0467. The fraction of sp³-hybridized carbons (Fsp3) is 0.500. The second-order valence-corrected chi connectivity index (χ2v) is 4.89. The molecular formula is C12H16BrNO2. The van der Waals surface area contributed by atoms with Crippen LogP contribution in [-0.4, -0.2) is 32.9 Å². The topological polar surface area (TPSA) is 30.5 Å². The molecule has 1 heterocycles. The van der Waals surface area contributed by atoms with Crippen molar-refractivity contribution in [2.75, 3.05) is 27.3 Å². The van der Waals surface area contributed by atoms with Crippen LogP contribution < -0.4 is 10.1 Å². The van der Waals surface area contributed by atoms with Gasteiger partial charge in [-0.3, -0.25) is 0 Å². The van der Waals surface area contributed by atoms with E-state index >= 15 is 0 Å². The van der Waals surface area contributed by atoms with Crippen LogP contribution in [0.2, 0.25) is 0 Å². The van der Waals surface area contributed by atoms with Gasteiger partial charge < -0.3 is 14.8 Å². The lowest BCUT2D eigenvalue weighted by molar-refractivity contribution is -0.0503. The van der Waals surface area contributed by atoms with Gasteiger partial charge in [-0.2, -0.15) is 0 Å². The highest BCUT2D eigenvalue weighted by Crippen LogP contribution is 2.32. The summed E-state index contributed by atoms with van der Waals surface area (Å²) in [5.74, 6) is 0.871. The summed E-state index contributed by atoms with van der Waals surface area (Å²) >= 11 is 3.58. The first-order valence-corrected chi connectivity index (χ1v) is 6.07. The molecule has 0 aliphatic carbocycles. The third-order valence-electron chi connectivity index (χ3n) is 3.10. The highest BCUT2D eigenvalue weighted by Gasteiger charge is 2.37. The second kappa shape index (κ2) is 4.73. The smallest absolute Gasteiger partial charge is 0.133 e. The minimum absolute atomic E-state index is 0.0467. The van der Waals surface area contributed by atoms with E-state index in [0.717, 1.165) is 29.7 Å². The van der Waals surface area contributed by atoms with E-state index in [-0.39, 0.29) is 5.60 Å². The van der Waals surface area contributed by atoms with E-state index in [2.05, 4.69) is 27.3 Å². The highest BCUT2D eigenvalue weighted by molar-refractivity contribution is 9.10. The van der Waals surface area contributed by atoms with Gasteiger partial charge in [0.2, 0.25) is 0 Å². The number of halogens is 1. The van der Waals surface area contributed by atoms with E-state index in [0.29, 0.717) is 0 Å². The van der Waals surface area contributed by atoms with Crippen molar-refractivity contribution in [1.29, 1.82) is 0 Å². The lowest BCUT2D eigenvalue weighted by atomic mass is 9.89. The third kappa shape index (κ3) is 2.10. The summed E-state index contributed by atoms with van der Waals surface area (Å²) in [5.41, 5.74) is 1.18. The molecule has 3 nitrogen and oxygen atoms in total. The molecular weight excluding hydrogens is 270 g/mol. The molecule has 0 spiro atoms. The van der Waals surface area contributed by atoms with Crippen molar-refractivity contribution >= 4 is 15.9 Å². The Morgan fingerprint density at radius 1 is 1.38 bits per heavy atom. The normalized spacial score (nSPS) is 17.9. The molecule has 0 aromatic heterocycles. The van der Waals surface area contributed by atoms with Gasteiger partial charge in [0, 0.05) is 26.6 Å². The molecule has 2 rings (SSSR count). The molecule has 0 radical (unpaired) electrons. The molecule has 1 saturated heterocycles. The second-order valence-electron chi connectivity index (χ2n) is 4.10. The van der Waals surface area contributed by atoms with Crippen LogP contribution in [0.4, 0.5) is 0 Å². The molecule has 0 amide bonds. The van der Waals surface area contributed by atoms with Gasteiger partial charge in [-0.15, -0.1) is 0 Å². The molecule has 1 aromatic rings. The Hall–Kier alpha value is -0.580. The fourth-order valence-corrected chi connectivity index (χ4v) is 2.51. The zero-order valence-electron chi connectivity index (χ0n) is 9.55. The third-order valence-corrected chi connectivity index (χ3v) is 4.00. The molecule has 1 aliphatic heterocycles. The maximum Gasteiger partial charge on any atom is 0.133 e. The van der Waals surface area contributed by atoms with Crippen molar-refractivity contribution in [2.24, 2.45) is 0 Å². The summed E-state index contributed by atoms with van der Waals surface area (Å²) in [5, 5.41) is 3.25. The Kier molecular flexibility index (Phi) is 3.52. The van der Waals surface area contributed by atoms with E-state index in [1.807, 2.05) is 12.1 Å². The molecule has 0 unspecified atom stereocenters. The Morgan fingerprint density at radius 2 is 2.12 bits per heavy atom. The fourth-order valence-electron chi connectivity index (χ4n) is 1.94. The Morgan fingerprint density at radius 3 is 2.62 bits per heavy atom. The Bertz CT molecular complexity index is 372. The molecule has 0 saturated carbocycles. The van der Waals surface area contributed by atoms with Crippen molar-refractivity contribution in [2.45, 2.75) is 12.0 Å². The average molecular weight is 286 g/mol. The quantitative estimate of drug-likeness (QED) is 0.918. The lowest BCUT2D eigenvalue weighted by Crippen LogP contribution is -2.61. The first kappa shape index (κ1) is 11.9. The molecule has 16 heavy (non-hydrogen) atoms. The van der Waals surface area contributed by atoms with Crippen LogP contribution in [0, 0.1) is 0 Å². The van der Waals surface area contributed by atoms with Crippen molar-refractivity contribution < 1.29 is 9.47 Å². The van der Waals surface area contributed by atoms with Gasteiger partial charge >= 0.3 is 0 Å². The largest absolute Gasteiger partial charge is 0.496 e. The van der Waals surface area contributed by atoms with Crippen LogP contribution >= 0.6 is 15.9 Å². The Labute approximate surface area is 104 Å². The molecule has 1 fully saturated rings. The molecule has 4 heteroatoms. The summed E-state index contributed by atoms with van der Waals surface area (Å²) in [6, 6.07) is 6.06. The number of benzene rings is 1. The van der Waals surface area contributed by atoms with Gasteiger partial charge in [-0.25, -0.2) is 0 Å². The highest BCUT2D eigenvalue weighted by atomic mass is 79.9. The lowest BCUT2D eigenvalue weighted by Gasteiger charge is -2.41. The maximum absolute atomic E-state index is 5.58. The number of hydrogen-bond acceptors (Lipinski definition) is 3. The predicted octanol–water partition coefficient (Wildman–Crippen LogP) is 1.99. The van der Waals surface area contributed by atoms with E-state index in [4.69, 9.17) is 9.47 Å². The van der Waals surface area contributed by atoms with Gasteiger partial charge in [0.05, 0.1) is 17.2 Å². The molecule has 1 aliphatic rings. The van der Waals surface area contributed by atoms with Gasteiger partial charge in [-0.1, -0.05) is 12.1 Å². The average Bonchev–Trinajstić information content (AvgIpc) is 2.25. The zero-order chi connectivity index (χ0) is 11.6. The number of methoxy groups -OCH3 is 2. The monoisotopic (exact) mass is 285 g/mol. The summed E-state index contributed by atoms with van der Waals surface area (Å²) < 4.78 is 11.9. The van der Waals surface area contributed by atoms with Crippen LogP contribution in [0.1, 0.15) is 5.56 Å². The summed E-state index contributed by atoms with van der Waals surface area (Å²) in [6.07, 6.45) is 0.897. The molecule has 0 bridgehead atoms. The van der Waals surface area contributed by atoms with Crippen LogP contribution in [0.5, 0.6) is 5.75 Å². The standard InChI is InChI=1S/C12H16BrNO2/c1-15-10-5-3-4-9(11(10)13)6-12(16-2)7-14-8-12/h3-5,14H,6-8H2,1-2H3. The number of rotatable bonds is 4. The first-order chi connectivity index (χ1) is 7.71. The molecule has 1 N–H and O–H groups in total. The van der Waals surface area contributed by atoms with Gasteiger partial charge in [0.1, 0.15) is 5.75 Å². The molecule has 0 atom stereocenters. The van der Waals surface area contributed by atoms with Gasteiger partial charge in [-0.05, 0) is 27.6 Å². The maximum atomic E-state index is 5.58. The van der Waals surface area contributed by atoms with Crippen molar-refractivity contribution in [3.05, 3.63) is 28.2 Å². The number of hydrogen-bond donors (Lipinski definition) is 1. The Balaban J connectivity index is 2.21. The van der Waals surface area contributed by atoms with Crippen LogP contribution in [-0.2, 0) is 11.2 Å². The van der Waals surface area contributed by atoms with Crippen LogP contribution in [0.15, 0.2) is 22.7 Å². The van der Waals surface area contributed by atoms with Crippen LogP contribution in [0.3, 0.4) is 0 Å².